The van der Waals surface area contributed by atoms with E-state index in [1.807, 2.05) is 4.57 Å². The average Bonchev–Trinajstić information content (AvgIpc) is 3.44. The molecule has 32 heavy (non-hydrogen) atoms. The molecule has 0 saturated carbocycles. The molecule has 2 aliphatic rings. The molecule has 1 amide bonds. The predicted molar refractivity (Wildman–Crippen MR) is 119 cm³/mol. The van der Waals surface area contributed by atoms with Crippen LogP contribution in [0.1, 0.15) is 18.4 Å². The first-order chi connectivity index (χ1) is 15.5. The SMILES string of the molecule is Cc1cccc([N+](=O)[O-])c1NC(=O)CSc1nnc(N2CCOCC2)n1CC1CCCO1. The maximum absolute atomic E-state index is 12.6. The normalized spacial score (nSPS) is 18.7. The number of nitrogens with one attached hydrogen (secondary N) is 1. The van der Waals surface area contributed by atoms with E-state index in [0.29, 0.717) is 30.5 Å². The van der Waals surface area contributed by atoms with Gasteiger partial charge in [0.05, 0.1) is 36.5 Å². The fourth-order valence-electron chi connectivity index (χ4n) is 3.81. The van der Waals surface area contributed by atoms with Gasteiger partial charge in [0.2, 0.25) is 11.9 Å². The van der Waals surface area contributed by atoms with Crippen molar-refractivity contribution in [1.82, 2.24) is 14.8 Å². The third-order valence-electron chi connectivity index (χ3n) is 5.45. The molecule has 2 fully saturated rings. The highest BCUT2D eigenvalue weighted by Crippen LogP contribution is 2.29. The van der Waals surface area contributed by atoms with E-state index < -0.39 is 4.92 Å². The van der Waals surface area contributed by atoms with Gasteiger partial charge in [-0.1, -0.05) is 23.9 Å². The number of carbonyl (C=O) groups excluding carboxylic acids is 1. The number of amides is 1. The standard InChI is InChI=1S/C20H26N6O5S/c1-14-4-2-6-16(26(28)29)18(14)21-17(27)13-32-20-23-22-19(24-7-10-30-11-8-24)25(20)12-15-5-3-9-31-15/h2,4,6,15H,3,5,7-13H2,1H3,(H,21,27). The van der Waals surface area contributed by atoms with Crippen LogP contribution in [0.3, 0.4) is 0 Å². The van der Waals surface area contributed by atoms with Crippen LogP contribution < -0.4 is 10.2 Å². The van der Waals surface area contributed by atoms with Gasteiger partial charge in [0, 0.05) is 25.8 Å². The maximum Gasteiger partial charge on any atom is 0.293 e. The molecule has 1 atom stereocenters. The molecule has 1 aromatic carbocycles. The number of nitrogens with zero attached hydrogens (tertiary/aromatic N) is 5. The van der Waals surface area contributed by atoms with E-state index in [-0.39, 0.29) is 29.1 Å². The minimum Gasteiger partial charge on any atom is -0.378 e. The number of aromatic nitrogens is 3. The summed E-state index contributed by atoms with van der Waals surface area (Å²) in [7, 11) is 0. The van der Waals surface area contributed by atoms with Gasteiger partial charge in [0.15, 0.2) is 5.16 Å². The second kappa shape index (κ2) is 10.3. The summed E-state index contributed by atoms with van der Waals surface area (Å²) >= 11 is 1.26. The van der Waals surface area contributed by atoms with Crippen LogP contribution in [0.5, 0.6) is 0 Å². The Kier molecular flexibility index (Phi) is 7.22. The molecular formula is C20H26N6O5S. The Morgan fingerprint density at radius 1 is 1.31 bits per heavy atom. The lowest BCUT2D eigenvalue weighted by molar-refractivity contribution is -0.384. The topological polar surface area (TPSA) is 125 Å². The van der Waals surface area contributed by atoms with E-state index in [9.17, 15) is 14.9 Å². The summed E-state index contributed by atoms with van der Waals surface area (Å²) in [6.45, 7) is 5.81. The van der Waals surface area contributed by atoms with Crippen LogP contribution in [0.2, 0.25) is 0 Å². The monoisotopic (exact) mass is 462 g/mol. The minimum atomic E-state index is -0.497. The van der Waals surface area contributed by atoms with Crippen LogP contribution >= 0.6 is 11.8 Å². The molecule has 0 aliphatic carbocycles. The Labute approximate surface area is 189 Å². The first-order valence-corrected chi connectivity index (χ1v) is 11.6. The average molecular weight is 463 g/mol. The maximum atomic E-state index is 12.6. The first kappa shape index (κ1) is 22.5. The zero-order valence-electron chi connectivity index (χ0n) is 17.9. The second-order valence-electron chi connectivity index (χ2n) is 7.69. The molecule has 4 rings (SSSR count). The molecule has 0 spiro atoms. The Hall–Kier alpha value is -2.70. The predicted octanol–water partition coefficient (Wildman–Crippen LogP) is 2.24. The number of hydrogen-bond donors (Lipinski definition) is 1. The van der Waals surface area contributed by atoms with Crippen molar-refractivity contribution in [2.75, 3.05) is 48.9 Å². The number of ether oxygens (including phenoxy) is 2. The third kappa shape index (κ3) is 5.19. The van der Waals surface area contributed by atoms with Gasteiger partial charge in [-0.15, -0.1) is 10.2 Å². The molecule has 2 aromatic rings. The van der Waals surface area contributed by atoms with Crippen molar-refractivity contribution in [2.24, 2.45) is 0 Å². The number of thioether (sulfide) groups is 1. The number of carbonyl (C=O) groups is 1. The van der Waals surface area contributed by atoms with Gasteiger partial charge in [-0.25, -0.2) is 0 Å². The fourth-order valence-corrected chi connectivity index (χ4v) is 4.55. The lowest BCUT2D eigenvalue weighted by atomic mass is 10.1. The highest BCUT2D eigenvalue weighted by atomic mass is 32.2. The van der Waals surface area contributed by atoms with Crippen LogP contribution in [0.4, 0.5) is 17.3 Å². The highest BCUT2D eigenvalue weighted by Gasteiger charge is 2.25. The van der Waals surface area contributed by atoms with Gasteiger partial charge in [-0.05, 0) is 25.3 Å². The Bertz CT molecular complexity index is 971. The Balaban J connectivity index is 1.47. The minimum absolute atomic E-state index is 0.0538. The van der Waals surface area contributed by atoms with Gasteiger partial charge < -0.3 is 19.7 Å². The van der Waals surface area contributed by atoms with Gasteiger partial charge in [-0.3, -0.25) is 19.5 Å². The van der Waals surface area contributed by atoms with Crippen molar-refractivity contribution in [3.05, 3.63) is 33.9 Å². The molecule has 12 heteroatoms. The zero-order valence-corrected chi connectivity index (χ0v) is 18.7. The van der Waals surface area contributed by atoms with Gasteiger partial charge in [0.1, 0.15) is 5.69 Å². The molecular weight excluding hydrogens is 436 g/mol. The molecule has 1 N–H and O–H groups in total. The van der Waals surface area contributed by atoms with E-state index in [0.717, 1.165) is 38.5 Å². The van der Waals surface area contributed by atoms with E-state index >= 15 is 0 Å². The van der Waals surface area contributed by atoms with Gasteiger partial charge in [-0.2, -0.15) is 0 Å². The van der Waals surface area contributed by atoms with E-state index in [4.69, 9.17) is 9.47 Å². The molecule has 0 radical (unpaired) electrons. The Morgan fingerprint density at radius 2 is 2.12 bits per heavy atom. The fraction of sp³-hybridized carbons (Fsp3) is 0.550. The lowest BCUT2D eigenvalue weighted by Crippen LogP contribution is -2.38. The van der Waals surface area contributed by atoms with Crippen LogP contribution in [0.15, 0.2) is 23.4 Å². The van der Waals surface area contributed by atoms with Gasteiger partial charge >= 0.3 is 0 Å². The largest absolute Gasteiger partial charge is 0.378 e. The van der Waals surface area contributed by atoms with Gasteiger partial charge in [0.25, 0.3) is 5.69 Å². The van der Waals surface area contributed by atoms with E-state index in [1.165, 1.54) is 17.8 Å². The van der Waals surface area contributed by atoms with Crippen LogP contribution in [0, 0.1) is 17.0 Å². The number of aryl methyl sites for hydroxylation is 1. The number of nitro benzene ring substituents is 1. The summed E-state index contributed by atoms with van der Waals surface area (Å²) in [6, 6.07) is 4.70. The molecule has 3 heterocycles. The number of benzene rings is 1. The second-order valence-corrected chi connectivity index (χ2v) is 8.63. The molecule has 172 valence electrons. The van der Waals surface area contributed by atoms with Crippen LogP contribution in [0.25, 0.3) is 0 Å². The summed E-state index contributed by atoms with van der Waals surface area (Å²) < 4.78 is 13.3. The number of nitro groups is 1. The molecule has 2 aliphatic heterocycles. The van der Waals surface area contributed by atoms with E-state index in [1.54, 1.807) is 19.1 Å². The first-order valence-electron chi connectivity index (χ1n) is 10.6. The smallest absolute Gasteiger partial charge is 0.293 e. The third-order valence-corrected chi connectivity index (χ3v) is 6.41. The lowest BCUT2D eigenvalue weighted by Gasteiger charge is -2.28. The molecule has 11 nitrogen and oxygen atoms in total. The quantitative estimate of drug-likeness (QED) is 0.357. The summed E-state index contributed by atoms with van der Waals surface area (Å²) in [5.74, 6) is 0.464. The molecule has 2 saturated heterocycles. The zero-order chi connectivity index (χ0) is 22.5. The van der Waals surface area contributed by atoms with Crippen molar-refractivity contribution in [2.45, 2.75) is 37.6 Å². The number of para-hydroxylation sites is 1. The molecule has 1 aromatic heterocycles. The van der Waals surface area contributed by atoms with Crippen LogP contribution in [-0.4, -0.2) is 70.4 Å². The van der Waals surface area contributed by atoms with Crippen molar-refractivity contribution < 1.29 is 19.2 Å². The van der Waals surface area contributed by atoms with Crippen molar-refractivity contribution >= 4 is 35.0 Å². The summed E-state index contributed by atoms with van der Waals surface area (Å²) in [4.78, 5) is 25.5. The van der Waals surface area contributed by atoms with Crippen LogP contribution in [-0.2, 0) is 20.8 Å². The van der Waals surface area contributed by atoms with E-state index in [2.05, 4.69) is 20.4 Å². The number of morpholine rings is 1. The summed E-state index contributed by atoms with van der Waals surface area (Å²) in [5.41, 5.74) is 0.728. The summed E-state index contributed by atoms with van der Waals surface area (Å²) in [6.07, 6.45) is 2.09. The Morgan fingerprint density at radius 3 is 2.84 bits per heavy atom. The number of rotatable bonds is 8. The number of hydrogen-bond acceptors (Lipinski definition) is 9. The highest BCUT2D eigenvalue weighted by molar-refractivity contribution is 7.99. The molecule has 0 bridgehead atoms. The number of anilines is 2. The molecule has 1 unspecified atom stereocenters. The van der Waals surface area contributed by atoms with Crippen molar-refractivity contribution in [3.63, 3.8) is 0 Å². The van der Waals surface area contributed by atoms with Crippen molar-refractivity contribution in [1.29, 1.82) is 0 Å². The van der Waals surface area contributed by atoms with Crippen molar-refractivity contribution in [3.8, 4) is 0 Å². The summed E-state index contributed by atoms with van der Waals surface area (Å²) in [5, 5.41) is 23.3.